The number of carbonyl (C=O) groups excluding carboxylic acids is 1. The summed E-state index contributed by atoms with van der Waals surface area (Å²) in [6, 6.07) is 20.8. The van der Waals surface area contributed by atoms with Gasteiger partial charge in [-0.2, -0.15) is 0 Å². The summed E-state index contributed by atoms with van der Waals surface area (Å²) in [5.74, 6) is 0.00203. The lowest BCUT2D eigenvalue weighted by Crippen LogP contribution is -2.29. The lowest BCUT2D eigenvalue weighted by molar-refractivity contribution is -0.119. The number of methoxy groups -OCH3 is 1. The second-order valence-electron chi connectivity index (χ2n) is 9.63. The van der Waals surface area contributed by atoms with Crippen molar-refractivity contribution in [2.45, 2.75) is 32.9 Å². The molecule has 2 aromatic carbocycles. The number of thiocarbonyl (C=S) groups is 1. The minimum atomic E-state index is -0.216. The van der Waals surface area contributed by atoms with Gasteiger partial charge in [-0.15, -0.1) is 0 Å². The van der Waals surface area contributed by atoms with Gasteiger partial charge in [-0.1, -0.05) is 18.2 Å². The van der Waals surface area contributed by atoms with Crippen molar-refractivity contribution in [3.8, 4) is 11.4 Å². The maximum atomic E-state index is 12.1. The van der Waals surface area contributed by atoms with E-state index in [4.69, 9.17) is 17.0 Å². The zero-order chi connectivity index (χ0) is 27.7. The molecule has 9 heteroatoms. The number of hydrogen-bond acceptors (Lipinski definition) is 5. The summed E-state index contributed by atoms with van der Waals surface area (Å²) >= 11 is 5.91. The summed E-state index contributed by atoms with van der Waals surface area (Å²) in [4.78, 5) is 18.9. The van der Waals surface area contributed by atoms with Gasteiger partial charge in [0.1, 0.15) is 12.4 Å². The quantitative estimate of drug-likeness (QED) is 0.275. The van der Waals surface area contributed by atoms with Gasteiger partial charge >= 0.3 is 0 Å². The fourth-order valence-electron chi connectivity index (χ4n) is 5.32. The van der Waals surface area contributed by atoms with Gasteiger partial charge in [0.15, 0.2) is 5.11 Å². The molecule has 3 heterocycles. The number of ether oxygens (including phenoxy) is 1. The first kappa shape index (κ1) is 26.4. The summed E-state index contributed by atoms with van der Waals surface area (Å²) in [5.41, 5.74) is 7.17. The first-order chi connectivity index (χ1) is 18.8. The van der Waals surface area contributed by atoms with Crippen LogP contribution in [0.4, 0.5) is 11.4 Å². The molecular weight excluding hydrogens is 510 g/mol. The van der Waals surface area contributed by atoms with Gasteiger partial charge in [-0.05, 0) is 92.6 Å². The molecule has 2 aromatic heterocycles. The largest absolute Gasteiger partial charge is 0.506 e. The summed E-state index contributed by atoms with van der Waals surface area (Å²) in [5, 5.41) is 17.6. The van der Waals surface area contributed by atoms with Gasteiger partial charge in [0.25, 0.3) is 0 Å². The van der Waals surface area contributed by atoms with Crippen molar-refractivity contribution in [2.75, 3.05) is 23.9 Å². The van der Waals surface area contributed by atoms with Gasteiger partial charge in [0, 0.05) is 36.1 Å². The monoisotopic (exact) mass is 541 g/mol. The van der Waals surface area contributed by atoms with E-state index in [1.807, 2.05) is 68.4 Å². The highest BCUT2D eigenvalue weighted by atomic mass is 32.1. The molecule has 0 bridgehead atoms. The first-order valence-electron chi connectivity index (χ1n) is 12.7. The van der Waals surface area contributed by atoms with Crippen LogP contribution < -0.4 is 15.5 Å². The number of aryl methyl sites for hydroxylation is 2. The Morgan fingerprint density at radius 3 is 2.56 bits per heavy atom. The number of phenolic OH excluding ortho intramolecular Hbond substituents is 1. The number of benzene rings is 2. The zero-order valence-electron chi connectivity index (χ0n) is 22.3. The van der Waals surface area contributed by atoms with E-state index in [0.717, 1.165) is 45.3 Å². The Labute approximate surface area is 233 Å². The molecule has 1 fully saturated rings. The molecule has 1 saturated heterocycles. The molecule has 4 aromatic rings. The van der Waals surface area contributed by atoms with Crippen molar-refractivity contribution in [2.24, 2.45) is 0 Å². The van der Waals surface area contributed by atoms with E-state index < -0.39 is 0 Å². The molecule has 0 radical (unpaired) electrons. The number of aromatic nitrogens is 2. The molecule has 1 aliphatic rings. The van der Waals surface area contributed by atoms with Crippen molar-refractivity contribution in [3.63, 3.8) is 0 Å². The average molecular weight is 542 g/mol. The zero-order valence-corrected chi connectivity index (χ0v) is 23.1. The number of pyridine rings is 1. The van der Waals surface area contributed by atoms with Gasteiger partial charge < -0.3 is 29.9 Å². The number of amides is 1. The number of rotatable bonds is 7. The summed E-state index contributed by atoms with van der Waals surface area (Å²) in [7, 11) is 1.49. The molecule has 1 amide bonds. The fraction of sp³-hybridized carbons (Fsp3) is 0.233. The Balaban J connectivity index is 1.62. The van der Waals surface area contributed by atoms with Crippen molar-refractivity contribution >= 4 is 34.6 Å². The van der Waals surface area contributed by atoms with E-state index >= 15 is 0 Å². The van der Waals surface area contributed by atoms with Crippen molar-refractivity contribution in [3.05, 3.63) is 101 Å². The number of carbonyl (C=O) groups is 1. The molecule has 1 aliphatic heterocycles. The van der Waals surface area contributed by atoms with Crippen LogP contribution in [0.3, 0.4) is 0 Å². The Morgan fingerprint density at radius 2 is 1.87 bits per heavy atom. The molecule has 3 N–H and O–H groups in total. The lowest BCUT2D eigenvalue weighted by Gasteiger charge is -2.29. The first-order valence-corrected chi connectivity index (χ1v) is 13.1. The Hall–Kier alpha value is -4.21. The molecule has 0 spiro atoms. The van der Waals surface area contributed by atoms with Gasteiger partial charge in [0.2, 0.25) is 5.91 Å². The molecule has 0 saturated carbocycles. The topological polar surface area (TPSA) is 91.7 Å². The van der Waals surface area contributed by atoms with Crippen LogP contribution in [0.15, 0.2) is 72.9 Å². The highest BCUT2D eigenvalue weighted by molar-refractivity contribution is 7.80. The molecule has 0 unspecified atom stereocenters. The third-order valence-corrected chi connectivity index (χ3v) is 7.36. The van der Waals surface area contributed by atoms with Crippen molar-refractivity contribution in [1.29, 1.82) is 0 Å². The second kappa shape index (κ2) is 10.9. The molecule has 5 rings (SSSR count). The van der Waals surface area contributed by atoms with Crippen LogP contribution in [-0.4, -0.2) is 39.4 Å². The maximum absolute atomic E-state index is 12.1. The predicted octanol–water partition coefficient (Wildman–Crippen LogP) is 5.27. The molecule has 2 atom stereocenters. The number of para-hydroxylation sites is 2. The minimum absolute atomic E-state index is 0.0122. The van der Waals surface area contributed by atoms with Crippen LogP contribution in [0, 0.1) is 20.8 Å². The normalized spacial score (nSPS) is 16.8. The molecular formula is C30H31N5O3S. The van der Waals surface area contributed by atoms with Crippen LogP contribution in [0.25, 0.3) is 5.69 Å². The summed E-state index contributed by atoms with van der Waals surface area (Å²) < 4.78 is 7.01. The number of hydrogen-bond donors (Lipinski definition) is 3. The van der Waals surface area contributed by atoms with Crippen LogP contribution in [0.2, 0.25) is 0 Å². The Kier molecular flexibility index (Phi) is 7.36. The molecule has 8 nitrogen and oxygen atoms in total. The molecule has 0 aliphatic carbocycles. The van der Waals surface area contributed by atoms with E-state index in [0.29, 0.717) is 5.11 Å². The van der Waals surface area contributed by atoms with Gasteiger partial charge in [0.05, 0.1) is 23.5 Å². The maximum Gasteiger partial charge on any atom is 0.250 e. The Bertz CT molecular complexity index is 1540. The van der Waals surface area contributed by atoms with Crippen LogP contribution >= 0.6 is 12.2 Å². The smallest absolute Gasteiger partial charge is 0.250 e. The number of phenols is 1. The number of nitrogens with one attached hydrogen (secondary N) is 2. The number of aromatic hydroxyl groups is 1. The van der Waals surface area contributed by atoms with Crippen LogP contribution in [-0.2, 0) is 9.53 Å². The summed E-state index contributed by atoms with van der Waals surface area (Å²) in [6.07, 6.45) is 1.78. The van der Waals surface area contributed by atoms with E-state index in [1.165, 1.54) is 7.11 Å². The Morgan fingerprint density at radius 1 is 1.10 bits per heavy atom. The van der Waals surface area contributed by atoms with Crippen molar-refractivity contribution < 1.29 is 14.6 Å². The van der Waals surface area contributed by atoms with E-state index in [2.05, 4.69) is 38.1 Å². The SMILES string of the molecule is COCC(=O)Nc1ccc(N2C(=S)N[C@H](c3ccccn3)[C@H]2c2cc(C)n(-c3ccccc3O)c2C)cc1C. The minimum Gasteiger partial charge on any atom is -0.506 e. The average Bonchev–Trinajstić information content (AvgIpc) is 3.41. The highest BCUT2D eigenvalue weighted by Gasteiger charge is 2.42. The van der Waals surface area contributed by atoms with Gasteiger partial charge in [-0.25, -0.2) is 0 Å². The second-order valence-corrected chi connectivity index (χ2v) is 10.0. The standard InChI is InChI=1S/C30H31N5O3S/c1-18-15-21(12-13-23(18)32-27(37)17-38-4)35-29(28(33-30(35)39)24-9-7-8-14-31-24)22-16-19(2)34(20(22)3)25-10-5-6-11-26(25)36/h5-16,28-29,36H,17H2,1-4H3,(H,32,37)(H,33,39)/t28-,29-/m1/s1. The fourth-order valence-corrected chi connectivity index (χ4v) is 5.66. The third-order valence-electron chi connectivity index (χ3n) is 7.05. The third kappa shape index (κ3) is 4.98. The number of nitrogens with zero attached hydrogens (tertiary/aromatic N) is 3. The van der Waals surface area contributed by atoms with E-state index in [-0.39, 0.29) is 30.3 Å². The summed E-state index contributed by atoms with van der Waals surface area (Å²) in [6.45, 7) is 6.03. The van der Waals surface area contributed by atoms with E-state index in [1.54, 1.807) is 12.3 Å². The predicted molar refractivity (Wildman–Crippen MR) is 157 cm³/mol. The molecule has 200 valence electrons. The van der Waals surface area contributed by atoms with Crippen LogP contribution in [0.5, 0.6) is 5.75 Å². The van der Waals surface area contributed by atoms with Crippen LogP contribution in [0.1, 0.15) is 40.3 Å². The van der Waals surface area contributed by atoms with Crippen molar-refractivity contribution in [1.82, 2.24) is 14.9 Å². The van der Waals surface area contributed by atoms with Gasteiger partial charge in [-0.3, -0.25) is 9.78 Å². The molecule has 39 heavy (non-hydrogen) atoms. The lowest BCUT2D eigenvalue weighted by atomic mass is 9.96. The number of anilines is 2. The van der Waals surface area contributed by atoms with E-state index in [9.17, 15) is 9.90 Å². The highest BCUT2D eigenvalue weighted by Crippen LogP contribution is 2.44.